The van der Waals surface area contributed by atoms with Gasteiger partial charge in [0.15, 0.2) is 0 Å². The molecule has 0 bridgehead atoms. The summed E-state index contributed by atoms with van der Waals surface area (Å²) in [5, 5.41) is 4.39. The van der Waals surface area contributed by atoms with E-state index in [1.54, 1.807) is 0 Å². The average Bonchev–Trinajstić information content (AvgIpc) is 3.06. The topological polar surface area (TPSA) is 24.8 Å². The molecule has 0 spiro atoms. The van der Waals surface area contributed by atoms with Gasteiger partial charge in [-0.2, -0.15) is 0 Å². The lowest BCUT2D eigenvalue weighted by atomic mass is 10.0. The fraction of sp³-hybridized carbons (Fsp3) is 0.791. The fourth-order valence-electron chi connectivity index (χ4n) is 5.74. The average molecular weight is 641 g/mol. The first-order chi connectivity index (χ1) is 22.7. The molecule has 0 aromatic heterocycles. The number of hydrogen-bond acceptors (Lipinski definition) is 3. The first-order valence-corrected chi connectivity index (χ1v) is 20.2. The van der Waals surface area contributed by atoms with Crippen molar-refractivity contribution in [3.63, 3.8) is 0 Å². The Morgan fingerprint density at radius 3 is 1.28 bits per heavy atom. The molecule has 0 fully saturated rings. The zero-order valence-corrected chi connectivity index (χ0v) is 31.6. The van der Waals surface area contributed by atoms with E-state index in [9.17, 15) is 0 Å². The molecule has 0 amide bonds. The summed E-state index contributed by atoms with van der Waals surface area (Å²) in [6.45, 7) is 8.74. The molecule has 3 heteroatoms. The van der Waals surface area contributed by atoms with Crippen molar-refractivity contribution >= 4 is 6.21 Å². The highest BCUT2D eigenvalue weighted by Gasteiger charge is 2.09. The maximum atomic E-state index is 6.04. The van der Waals surface area contributed by atoms with Gasteiger partial charge < -0.3 is 9.74 Å². The van der Waals surface area contributed by atoms with Gasteiger partial charge >= 0.3 is 0 Å². The second-order valence-electron chi connectivity index (χ2n) is 13.5. The Balaban J connectivity index is 4.00. The number of unbranched alkanes of at least 4 members (excludes halogenated alkanes) is 18. The molecule has 0 saturated carbocycles. The molecule has 0 radical (unpaired) electrons. The quantitative estimate of drug-likeness (QED) is 0.0294. The van der Waals surface area contributed by atoms with Crippen LogP contribution in [0.1, 0.15) is 194 Å². The molecule has 268 valence electrons. The maximum absolute atomic E-state index is 6.04. The highest BCUT2D eigenvalue weighted by atomic mass is 16.6. The lowest BCUT2D eigenvalue weighted by molar-refractivity contribution is 0.0434. The minimum Gasteiger partial charge on any atom is -0.393 e. The molecule has 0 aliphatic rings. The van der Waals surface area contributed by atoms with E-state index in [0.717, 1.165) is 38.8 Å². The van der Waals surface area contributed by atoms with E-state index in [-0.39, 0.29) is 6.10 Å². The van der Waals surface area contributed by atoms with E-state index in [0.29, 0.717) is 0 Å². The van der Waals surface area contributed by atoms with Crippen LogP contribution in [-0.2, 0) is 4.84 Å². The molecule has 0 unspecified atom stereocenters. The molecule has 0 rings (SSSR count). The Bertz CT molecular complexity index is 674. The molecule has 0 atom stereocenters. The Kier molecular flexibility index (Phi) is 38.2. The summed E-state index contributed by atoms with van der Waals surface area (Å²) in [7, 11) is 2.15. The molecule has 46 heavy (non-hydrogen) atoms. The van der Waals surface area contributed by atoms with Gasteiger partial charge in [0.1, 0.15) is 6.10 Å². The molecule has 0 N–H and O–H groups in total. The van der Waals surface area contributed by atoms with Crippen molar-refractivity contribution in [1.29, 1.82) is 0 Å². The number of oxime groups is 1. The Morgan fingerprint density at radius 2 is 0.870 bits per heavy atom. The third kappa shape index (κ3) is 36.9. The minimum absolute atomic E-state index is 0.282. The summed E-state index contributed by atoms with van der Waals surface area (Å²) in [4.78, 5) is 8.34. The highest BCUT2D eigenvalue weighted by molar-refractivity contribution is 5.58. The summed E-state index contributed by atoms with van der Waals surface area (Å²) in [5.41, 5.74) is 0. The van der Waals surface area contributed by atoms with Gasteiger partial charge in [-0.3, -0.25) is 0 Å². The smallest absolute Gasteiger partial charge is 0.127 e. The van der Waals surface area contributed by atoms with Crippen LogP contribution < -0.4 is 0 Å². The van der Waals surface area contributed by atoms with E-state index in [2.05, 4.69) is 86.5 Å². The van der Waals surface area contributed by atoms with Gasteiger partial charge in [0.25, 0.3) is 0 Å². The van der Waals surface area contributed by atoms with Crippen LogP contribution in [0.2, 0.25) is 0 Å². The van der Waals surface area contributed by atoms with Crippen LogP contribution in [0.3, 0.4) is 0 Å². The molecule has 0 heterocycles. The predicted octanol–water partition coefficient (Wildman–Crippen LogP) is 14.1. The largest absolute Gasteiger partial charge is 0.393 e. The van der Waals surface area contributed by atoms with Crippen molar-refractivity contribution in [1.82, 2.24) is 4.90 Å². The third-order valence-corrected chi connectivity index (χ3v) is 8.74. The number of nitrogens with zero attached hydrogens (tertiary/aromatic N) is 2. The van der Waals surface area contributed by atoms with Gasteiger partial charge in [-0.05, 0) is 110 Å². The zero-order valence-electron chi connectivity index (χ0n) is 31.6. The molecular weight excluding hydrogens is 560 g/mol. The minimum atomic E-state index is 0.282. The van der Waals surface area contributed by atoms with E-state index in [4.69, 9.17) is 4.84 Å². The Morgan fingerprint density at radius 1 is 0.478 bits per heavy atom. The normalized spacial score (nSPS) is 13.2. The van der Waals surface area contributed by atoms with Crippen LogP contribution in [0, 0.1) is 0 Å². The van der Waals surface area contributed by atoms with E-state index in [1.165, 1.54) is 148 Å². The first-order valence-electron chi connectivity index (χ1n) is 20.2. The summed E-state index contributed by atoms with van der Waals surface area (Å²) >= 11 is 0. The predicted molar refractivity (Wildman–Crippen MR) is 209 cm³/mol. The molecule has 0 saturated heterocycles. The van der Waals surface area contributed by atoms with Crippen molar-refractivity contribution in [2.75, 3.05) is 20.1 Å². The van der Waals surface area contributed by atoms with E-state index in [1.807, 2.05) is 6.21 Å². The summed E-state index contributed by atoms with van der Waals surface area (Å²) in [5.74, 6) is 0. The Hall–Kier alpha value is -1.61. The monoisotopic (exact) mass is 641 g/mol. The summed E-state index contributed by atoms with van der Waals surface area (Å²) < 4.78 is 0. The van der Waals surface area contributed by atoms with Crippen molar-refractivity contribution in [2.24, 2.45) is 5.16 Å². The number of hydrogen-bond donors (Lipinski definition) is 0. The van der Waals surface area contributed by atoms with Gasteiger partial charge in [-0.25, -0.2) is 0 Å². The lowest BCUT2D eigenvalue weighted by Crippen LogP contribution is -2.21. The highest BCUT2D eigenvalue weighted by Crippen LogP contribution is 2.17. The van der Waals surface area contributed by atoms with Crippen LogP contribution in [0.4, 0.5) is 0 Å². The van der Waals surface area contributed by atoms with Gasteiger partial charge in [-0.1, -0.05) is 152 Å². The number of allylic oxidation sites excluding steroid dienone is 8. The van der Waals surface area contributed by atoms with Gasteiger partial charge in [0.05, 0.1) is 6.21 Å². The first kappa shape index (κ1) is 44.4. The zero-order chi connectivity index (χ0) is 33.4. The van der Waals surface area contributed by atoms with Gasteiger partial charge in [0.2, 0.25) is 0 Å². The molecular formula is C43H80N2O. The summed E-state index contributed by atoms with van der Waals surface area (Å²) in [6, 6.07) is 0. The maximum Gasteiger partial charge on any atom is 0.127 e. The molecule has 0 aliphatic carbocycles. The van der Waals surface area contributed by atoms with Crippen LogP contribution in [-0.4, -0.2) is 37.4 Å². The van der Waals surface area contributed by atoms with Crippen molar-refractivity contribution in [3.05, 3.63) is 48.6 Å². The molecule has 3 nitrogen and oxygen atoms in total. The molecule has 0 aromatic rings. The van der Waals surface area contributed by atoms with Crippen LogP contribution >= 0.6 is 0 Å². The van der Waals surface area contributed by atoms with Crippen LogP contribution in [0.15, 0.2) is 53.8 Å². The SMILES string of the molecule is CCCCCC=CCC=CCCCCCCCCC(CCCCCCCCC=CCC=CCCCCC)ON=CCN(C)CCC. The third-order valence-electron chi connectivity index (χ3n) is 8.74. The fourth-order valence-corrected chi connectivity index (χ4v) is 5.74. The molecule has 0 aliphatic heterocycles. The van der Waals surface area contributed by atoms with Gasteiger partial charge in [-0.15, -0.1) is 0 Å². The lowest BCUT2D eigenvalue weighted by Gasteiger charge is -2.16. The van der Waals surface area contributed by atoms with Crippen molar-refractivity contribution in [2.45, 2.75) is 200 Å². The second kappa shape index (κ2) is 39.6. The summed E-state index contributed by atoms with van der Waals surface area (Å²) in [6.07, 6.45) is 55.7. The second-order valence-corrected chi connectivity index (χ2v) is 13.5. The van der Waals surface area contributed by atoms with E-state index >= 15 is 0 Å². The standard InChI is InChI=1S/C43H80N2O/c1-5-8-10-12-14-16-18-20-22-24-26-28-30-32-34-36-38-43(46-44-40-42-45(4)41-7-3)39-37-35-33-31-29-27-25-23-21-19-17-15-13-11-9-6-2/h14-17,20-23,40,43H,5-13,18-19,24-39,41-42H2,1-4H3. The van der Waals surface area contributed by atoms with Crippen LogP contribution in [0.5, 0.6) is 0 Å². The van der Waals surface area contributed by atoms with E-state index < -0.39 is 0 Å². The number of rotatable bonds is 36. The van der Waals surface area contributed by atoms with Crippen molar-refractivity contribution in [3.8, 4) is 0 Å². The Labute approximate surface area is 289 Å². The van der Waals surface area contributed by atoms with Crippen molar-refractivity contribution < 1.29 is 4.84 Å². The molecule has 0 aromatic carbocycles. The van der Waals surface area contributed by atoms with Gasteiger partial charge in [0, 0.05) is 6.54 Å². The van der Waals surface area contributed by atoms with Crippen LogP contribution in [0.25, 0.3) is 0 Å².